The molecule has 0 aliphatic heterocycles. The van der Waals surface area contributed by atoms with Crippen LogP contribution in [-0.4, -0.2) is 42.1 Å². The van der Waals surface area contributed by atoms with E-state index >= 15 is 0 Å². The molecule has 0 bridgehead atoms. The highest BCUT2D eigenvalue weighted by Crippen LogP contribution is 2.12. The fraction of sp³-hybridized carbons (Fsp3) is 0.467. The minimum atomic E-state index is -0.0116. The first-order valence-corrected chi connectivity index (χ1v) is 6.98. The normalized spacial score (nSPS) is 11.4. The SMILES string of the molecule is CCc1cc2ncc(CN(C)CCNC)cc2[nH]c1=O. The lowest BCUT2D eigenvalue weighted by Crippen LogP contribution is -2.27. The monoisotopic (exact) mass is 274 g/mol. The maximum absolute atomic E-state index is 11.8. The molecular weight excluding hydrogens is 252 g/mol. The predicted molar refractivity (Wildman–Crippen MR) is 82.0 cm³/mol. The van der Waals surface area contributed by atoms with Crippen molar-refractivity contribution in [1.82, 2.24) is 20.2 Å². The van der Waals surface area contributed by atoms with E-state index in [0.717, 1.165) is 48.2 Å². The van der Waals surface area contributed by atoms with Crippen LogP contribution >= 0.6 is 0 Å². The third-order valence-electron chi connectivity index (χ3n) is 3.40. The van der Waals surface area contributed by atoms with Crippen LogP contribution in [0.1, 0.15) is 18.1 Å². The summed E-state index contributed by atoms with van der Waals surface area (Å²) in [7, 11) is 4.02. The Balaban J connectivity index is 2.23. The maximum atomic E-state index is 11.8. The van der Waals surface area contributed by atoms with E-state index in [-0.39, 0.29) is 5.56 Å². The van der Waals surface area contributed by atoms with Gasteiger partial charge in [-0.1, -0.05) is 6.92 Å². The number of aromatic amines is 1. The van der Waals surface area contributed by atoms with Gasteiger partial charge in [0.2, 0.25) is 0 Å². The number of rotatable bonds is 6. The second kappa shape index (κ2) is 6.63. The fourth-order valence-electron chi connectivity index (χ4n) is 2.21. The Morgan fingerprint density at radius 1 is 1.40 bits per heavy atom. The molecule has 0 atom stereocenters. The van der Waals surface area contributed by atoms with Gasteiger partial charge in [-0.05, 0) is 38.2 Å². The fourth-order valence-corrected chi connectivity index (χ4v) is 2.21. The van der Waals surface area contributed by atoms with E-state index in [9.17, 15) is 4.79 Å². The van der Waals surface area contributed by atoms with Gasteiger partial charge < -0.3 is 15.2 Å². The Morgan fingerprint density at radius 3 is 2.90 bits per heavy atom. The topological polar surface area (TPSA) is 61.0 Å². The summed E-state index contributed by atoms with van der Waals surface area (Å²) in [6, 6.07) is 3.89. The average Bonchev–Trinajstić information content (AvgIpc) is 2.44. The highest BCUT2D eigenvalue weighted by molar-refractivity contribution is 5.74. The number of aryl methyl sites for hydroxylation is 1. The van der Waals surface area contributed by atoms with Crippen LogP contribution in [0.5, 0.6) is 0 Å². The van der Waals surface area contributed by atoms with Crippen LogP contribution in [0.15, 0.2) is 23.1 Å². The van der Waals surface area contributed by atoms with E-state index in [1.165, 1.54) is 0 Å². The number of hydrogen-bond donors (Lipinski definition) is 2. The van der Waals surface area contributed by atoms with E-state index in [2.05, 4.69) is 27.2 Å². The van der Waals surface area contributed by atoms with Gasteiger partial charge in [-0.3, -0.25) is 9.78 Å². The lowest BCUT2D eigenvalue weighted by molar-refractivity contribution is 0.328. The molecule has 5 nitrogen and oxygen atoms in total. The zero-order valence-corrected chi connectivity index (χ0v) is 12.4. The quantitative estimate of drug-likeness (QED) is 0.829. The number of H-pyrrole nitrogens is 1. The largest absolute Gasteiger partial charge is 0.320 e. The van der Waals surface area contributed by atoms with Gasteiger partial charge in [-0.25, -0.2) is 0 Å². The zero-order chi connectivity index (χ0) is 14.5. The van der Waals surface area contributed by atoms with Crippen molar-refractivity contribution < 1.29 is 0 Å². The van der Waals surface area contributed by atoms with E-state index in [4.69, 9.17) is 0 Å². The van der Waals surface area contributed by atoms with Crippen LogP contribution in [-0.2, 0) is 13.0 Å². The molecule has 2 aromatic rings. The molecule has 0 aromatic carbocycles. The number of aromatic nitrogens is 2. The van der Waals surface area contributed by atoms with Crippen molar-refractivity contribution >= 4 is 11.0 Å². The molecule has 108 valence electrons. The molecule has 2 N–H and O–H groups in total. The number of nitrogens with one attached hydrogen (secondary N) is 2. The number of fused-ring (bicyclic) bond motifs is 1. The van der Waals surface area contributed by atoms with Gasteiger partial charge in [-0.2, -0.15) is 0 Å². The molecule has 2 rings (SSSR count). The molecule has 2 aromatic heterocycles. The molecule has 0 fully saturated rings. The van der Waals surface area contributed by atoms with Crippen LogP contribution in [0.2, 0.25) is 0 Å². The zero-order valence-electron chi connectivity index (χ0n) is 12.4. The van der Waals surface area contributed by atoms with Crippen molar-refractivity contribution in [3.8, 4) is 0 Å². The summed E-state index contributed by atoms with van der Waals surface area (Å²) in [5, 5.41) is 3.13. The molecule has 0 saturated carbocycles. The number of likely N-dealkylation sites (N-methyl/N-ethyl adjacent to an activating group) is 2. The highest BCUT2D eigenvalue weighted by atomic mass is 16.1. The lowest BCUT2D eigenvalue weighted by atomic mass is 10.1. The van der Waals surface area contributed by atoms with Crippen molar-refractivity contribution in [2.75, 3.05) is 27.2 Å². The summed E-state index contributed by atoms with van der Waals surface area (Å²) in [6.45, 7) is 4.72. The van der Waals surface area contributed by atoms with Gasteiger partial charge in [0, 0.05) is 31.4 Å². The van der Waals surface area contributed by atoms with Crippen LogP contribution in [0.25, 0.3) is 11.0 Å². The molecule has 0 saturated heterocycles. The summed E-state index contributed by atoms with van der Waals surface area (Å²) in [6.07, 6.45) is 2.61. The van der Waals surface area contributed by atoms with E-state index in [1.54, 1.807) is 0 Å². The number of hydrogen-bond acceptors (Lipinski definition) is 4. The smallest absolute Gasteiger partial charge is 0.251 e. The van der Waals surface area contributed by atoms with Crippen LogP contribution in [0.3, 0.4) is 0 Å². The molecular formula is C15H22N4O. The molecule has 0 radical (unpaired) electrons. The number of pyridine rings is 2. The van der Waals surface area contributed by atoms with Crippen molar-refractivity contribution in [1.29, 1.82) is 0 Å². The summed E-state index contributed by atoms with van der Waals surface area (Å²) in [5.74, 6) is 0. The first kappa shape index (κ1) is 14.7. The van der Waals surface area contributed by atoms with Crippen molar-refractivity contribution in [3.05, 3.63) is 39.8 Å². The molecule has 5 heteroatoms. The van der Waals surface area contributed by atoms with Gasteiger partial charge in [0.25, 0.3) is 5.56 Å². The van der Waals surface area contributed by atoms with Gasteiger partial charge in [0.1, 0.15) is 0 Å². The summed E-state index contributed by atoms with van der Waals surface area (Å²) in [5.41, 5.74) is 3.54. The first-order valence-electron chi connectivity index (χ1n) is 6.98. The Bertz CT molecular complexity index is 635. The molecule has 0 aliphatic carbocycles. The third-order valence-corrected chi connectivity index (χ3v) is 3.40. The lowest BCUT2D eigenvalue weighted by Gasteiger charge is -2.16. The number of nitrogens with zero attached hydrogens (tertiary/aromatic N) is 2. The third kappa shape index (κ3) is 3.43. The molecule has 0 spiro atoms. The van der Waals surface area contributed by atoms with Gasteiger partial charge in [0.15, 0.2) is 0 Å². The first-order chi connectivity index (χ1) is 9.63. The Kier molecular flexibility index (Phi) is 4.87. The summed E-state index contributed by atoms with van der Waals surface area (Å²) < 4.78 is 0. The Hall–Kier alpha value is -1.72. The van der Waals surface area contributed by atoms with Crippen LogP contribution < -0.4 is 10.9 Å². The second-order valence-corrected chi connectivity index (χ2v) is 5.09. The highest BCUT2D eigenvalue weighted by Gasteiger charge is 2.05. The molecule has 2 heterocycles. The van der Waals surface area contributed by atoms with Crippen molar-refractivity contribution in [2.45, 2.75) is 19.9 Å². The van der Waals surface area contributed by atoms with E-state index < -0.39 is 0 Å². The van der Waals surface area contributed by atoms with E-state index in [0.29, 0.717) is 0 Å². The van der Waals surface area contributed by atoms with Gasteiger partial charge >= 0.3 is 0 Å². The summed E-state index contributed by atoms with van der Waals surface area (Å²) >= 11 is 0. The predicted octanol–water partition coefficient (Wildman–Crippen LogP) is 1.14. The van der Waals surface area contributed by atoms with Crippen molar-refractivity contribution in [2.24, 2.45) is 0 Å². The molecule has 20 heavy (non-hydrogen) atoms. The molecule has 0 amide bonds. The van der Waals surface area contributed by atoms with Crippen LogP contribution in [0.4, 0.5) is 0 Å². The Morgan fingerprint density at radius 2 is 2.20 bits per heavy atom. The maximum Gasteiger partial charge on any atom is 0.251 e. The molecule has 0 unspecified atom stereocenters. The summed E-state index contributed by atoms with van der Waals surface area (Å²) in [4.78, 5) is 21.4. The van der Waals surface area contributed by atoms with Gasteiger partial charge in [-0.15, -0.1) is 0 Å². The average molecular weight is 274 g/mol. The van der Waals surface area contributed by atoms with Crippen molar-refractivity contribution in [3.63, 3.8) is 0 Å². The van der Waals surface area contributed by atoms with Crippen LogP contribution in [0, 0.1) is 0 Å². The second-order valence-electron chi connectivity index (χ2n) is 5.09. The molecule has 0 aliphatic rings. The minimum absolute atomic E-state index is 0.0116. The Labute approximate surface area is 119 Å². The minimum Gasteiger partial charge on any atom is -0.320 e. The standard InChI is InChI=1S/C15H22N4O/c1-4-12-8-13-14(18-15(12)20)7-11(9-17-13)10-19(3)6-5-16-2/h7-9,16H,4-6,10H2,1-3H3,(H,18,20). The van der Waals surface area contributed by atoms with Gasteiger partial charge in [0.05, 0.1) is 11.0 Å². The van der Waals surface area contributed by atoms with E-state index in [1.807, 2.05) is 32.3 Å².